The average molecular weight is 237 g/mol. The van der Waals surface area contributed by atoms with Gasteiger partial charge in [0.25, 0.3) is 0 Å². The lowest BCUT2D eigenvalue weighted by atomic mass is 9.93. The number of rotatable bonds is 5. The number of hydrogen-bond acceptors (Lipinski definition) is 5. The van der Waals surface area contributed by atoms with Crippen molar-refractivity contribution in [2.24, 2.45) is 5.73 Å². The normalized spacial score (nSPS) is 13.8. The van der Waals surface area contributed by atoms with Crippen LogP contribution in [-0.4, -0.2) is 29.3 Å². The summed E-state index contributed by atoms with van der Waals surface area (Å²) >= 11 is 0. The Labute approximate surface area is 99.5 Å². The number of benzene rings is 1. The van der Waals surface area contributed by atoms with Crippen LogP contribution in [0.15, 0.2) is 18.2 Å². The molecule has 0 amide bonds. The highest BCUT2D eigenvalue weighted by atomic mass is 16.5. The van der Waals surface area contributed by atoms with Crippen LogP contribution in [0.2, 0.25) is 0 Å². The number of nitrogen functional groups attached to an aromatic ring is 1. The fourth-order valence-electron chi connectivity index (χ4n) is 1.34. The van der Waals surface area contributed by atoms with Gasteiger partial charge < -0.3 is 26.3 Å². The summed E-state index contributed by atoms with van der Waals surface area (Å²) in [7, 11) is 0.540. The van der Waals surface area contributed by atoms with Gasteiger partial charge in [0, 0.05) is 18.2 Å². The number of nitrogens with two attached hydrogens (primary N) is 2. The smallest absolute Gasteiger partial charge is 0.537 e. The van der Waals surface area contributed by atoms with Gasteiger partial charge in [-0.15, -0.1) is 0 Å². The Morgan fingerprint density at radius 3 is 2.71 bits per heavy atom. The first-order valence-corrected chi connectivity index (χ1v) is 4.90. The van der Waals surface area contributed by atoms with E-state index in [2.05, 4.69) is 0 Å². The highest BCUT2D eigenvalue weighted by Crippen LogP contribution is 2.23. The van der Waals surface area contributed by atoms with E-state index in [1.54, 1.807) is 12.1 Å². The maximum Gasteiger partial charge on any atom is 0.569 e. The third-order valence-corrected chi connectivity index (χ3v) is 2.35. The van der Waals surface area contributed by atoms with Crippen LogP contribution in [-0.2, 0) is 11.2 Å². The van der Waals surface area contributed by atoms with Gasteiger partial charge in [-0.25, -0.2) is 0 Å². The van der Waals surface area contributed by atoms with Crippen molar-refractivity contribution in [2.75, 3.05) is 5.73 Å². The van der Waals surface area contributed by atoms with Crippen molar-refractivity contribution < 1.29 is 19.6 Å². The molecule has 0 aliphatic heterocycles. The van der Waals surface area contributed by atoms with Gasteiger partial charge in [0.1, 0.15) is 11.3 Å². The van der Waals surface area contributed by atoms with Crippen LogP contribution in [0.25, 0.3) is 0 Å². The number of anilines is 1. The Morgan fingerprint density at radius 1 is 1.59 bits per heavy atom. The summed E-state index contributed by atoms with van der Waals surface area (Å²) in [5, 5.41) is 17.4. The molecular formula is C10H14BN2O4. The first-order valence-electron chi connectivity index (χ1n) is 4.90. The van der Waals surface area contributed by atoms with Crippen molar-refractivity contribution in [3.05, 3.63) is 23.8 Å². The Bertz CT molecular complexity index is 423. The highest BCUT2D eigenvalue weighted by molar-refractivity contribution is 6.17. The lowest BCUT2D eigenvalue weighted by molar-refractivity contribution is -0.142. The number of carbonyl (C=O) groups is 1. The van der Waals surface area contributed by atoms with E-state index in [1.165, 1.54) is 13.0 Å². The molecule has 0 bridgehead atoms. The second kappa shape index (κ2) is 5.07. The second-order valence-electron chi connectivity index (χ2n) is 3.98. The van der Waals surface area contributed by atoms with Gasteiger partial charge in [0.05, 0.1) is 0 Å². The van der Waals surface area contributed by atoms with Crippen LogP contribution in [0.5, 0.6) is 5.75 Å². The molecule has 6 nitrogen and oxygen atoms in total. The number of aliphatic carboxylic acids is 1. The van der Waals surface area contributed by atoms with Crippen molar-refractivity contribution in [2.45, 2.75) is 18.9 Å². The molecule has 1 aromatic carbocycles. The SMILES string of the molecule is C[C@](N)(Cc1ccc(O[B]O)cc1N)C(=O)O. The van der Waals surface area contributed by atoms with Gasteiger partial charge in [0.15, 0.2) is 0 Å². The monoisotopic (exact) mass is 237 g/mol. The van der Waals surface area contributed by atoms with Gasteiger partial charge in [-0.05, 0) is 18.6 Å². The quantitative estimate of drug-likeness (QED) is 0.405. The summed E-state index contributed by atoms with van der Waals surface area (Å²) in [5.41, 5.74) is 11.0. The van der Waals surface area contributed by atoms with E-state index in [9.17, 15) is 4.79 Å². The van der Waals surface area contributed by atoms with E-state index < -0.39 is 11.5 Å². The Kier molecular flexibility index (Phi) is 3.98. The van der Waals surface area contributed by atoms with Crippen LogP contribution in [0.1, 0.15) is 12.5 Å². The van der Waals surface area contributed by atoms with Crippen molar-refractivity contribution in [3.8, 4) is 5.75 Å². The summed E-state index contributed by atoms with van der Waals surface area (Å²) < 4.78 is 4.72. The van der Waals surface area contributed by atoms with Crippen molar-refractivity contribution >= 4 is 19.3 Å². The second-order valence-corrected chi connectivity index (χ2v) is 3.98. The molecule has 91 valence electrons. The fourth-order valence-corrected chi connectivity index (χ4v) is 1.34. The molecule has 7 heteroatoms. The molecular weight excluding hydrogens is 223 g/mol. The van der Waals surface area contributed by atoms with E-state index in [-0.39, 0.29) is 6.42 Å². The van der Waals surface area contributed by atoms with Crippen LogP contribution >= 0.6 is 0 Å². The summed E-state index contributed by atoms with van der Waals surface area (Å²) in [6, 6.07) is 4.67. The topological polar surface area (TPSA) is 119 Å². The maximum atomic E-state index is 10.9. The minimum absolute atomic E-state index is 0.108. The van der Waals surface area contributed by atoms with E-state index in [1.807, 2.05) is 0 Å². The number of hydrogen-bond donors (Lipinski definition) is 4. The molecule has 0 saturated carbocycles. The van der Waals surface area contributed by atoms with Crippen LogP contribution in [0, 0.1) is 0 Å². The molecule has 1 radical (unpaired) electrons. The third-order valence-electron chi connectivity index (χ3n) is 2.35. The zero-order valence-corrected chi connectivity index (χ0v) is 9.38. The first-order chi connectivity index (χ1) is 7.86. The molecule has 0 unspecified atom stereocenters. The minimum Gasteiger partial charge on any atom is -0.537 e. The molecule has 0 aliphatic carbocycles. The van der Waals surface area contributed by atoms with Crippen LogP contribution in [0.4, 0.5) is 5.69 Å². The lowest BCUT2D eigenvalue weighted by Crippen LogP contribution is -2.46. The third kappa shape index (κ3) is 3.37. The summed E-state index contributed by atoms with van der Waals surface area (Å²) in [5.74, 6) is -0.733. The van der Waals surface area contributed by atoms with Crippen LogP contribution in [0.3, 0.4) is 0 Å². The summed E-state index contributed by atoms with van der Waals surface area (Å²) in [4.78, 5) is 10.9. The maximum absolute atomic E-state index is 10.9. The Morgan fingerprint density at radius 2 is 2.24 bits per heavy atom. The van der Waals surface area contributed by atoms with Gasteiger partial charge in [-0.2, -0.15) is 0 Å². The van der Waals surface area contributed by atoms with Crippen molar-refractivity contribution in [1.82, 2.24) is 0 Å². The molecule has 0 saturated heterocycles. The van der Waals surface area contributed by atoms with Crippen LogP contribution < -0.4 is 16.1 Å². The Balaban J connectivity index is 2.90. The van der Waals surface area contributed by atoms with Gasteiger partial charge >= 0.3 is 13.7 Å². The molecule has 1 rings (SSSR count). The summed E-state index contributed by atoms with van der Waals surface area (Å²) in [6.07, 6.45) is 0.108. The van der Waals surface area contributed by atoms with E-state index in [0.717, 1.165) is 0 Å². The largest absolute Gasteiger partial charge is 0.569 e. The number of carboxylic acids is 1. The molecule has 0 heterocycles. The predicted octanol–water partition coefficient (Wildman–Crippen LogP) is -0.481. The zero-order valence-electron chi connectivity index (χ0n) is 9.38. The molecule has 6 N–H and O–H groups in total. The molecule has 1 atom stereocenters. The average Bonchev–Trinajstić information content (AvgIpc) is 2.22. The van der Waals surface area contributed by atoms with Crippen molar-refractivity contribution in [1.29, 1.82) is 0 Å². The van der Waals surface area contributed by atoms with E-state index >= 15 is 0 Å². The minimum atomic E-state index is -1.38. The predicted molar refractivity (Wildman–Crippen MR) is 63.4 cm³/mol. The molecule has 0 spiro atoms. The van der Waals surface area contributed by atoms with Gasteiger partial charge in [-0.3, -0.25) is 4.79 Å². The fraction of sp³-hybridized carbons (Fsp3) is 0.300. The molecule has 1 aromatic rings. The standard InChI is InChI=1S/C10H14BN2O4/c1-10(13,9(14)15)5-6-2-3-7(17-11-16)4-8(6)12/h2-4,16H,5,12-13H2,1H3,(H,14,15)/t10-/m0/s1. The van der Waals surface area contributed by atoms with Gasteiger partial charge in [0.2, 0.25) is 0 Å². The summed E-state index contributed by atoms with van der Waals surface area (Å²) in [6.45, 7) is 1.42. The molecule has 0 fully saturated rings. The van der Waals surface area contributed by atoms with E-state index in [4.69, 9.17) is 26.3 Å². The first kappa shape index (κ1) is 13.3. The van der Waals surface area contributed by atoms with Crippen molar-refractivity contribution in [3.63, 3.8) is 0 Å². The Hall–Kier alpha value is -1.73. The highest BCUT2D eigenvalue weighted by Gasteiger charge is 2.28. The molecule has 0 aromatic heterocycles. The molecule has 0 aliphatic rings. The van der Waals surface area contributed by atoms with E-state index in [0.29, 0.717) is 24.7 Å². The molecule has 17 heavy (non-hydrogen) atoms. The van der Waals surface area contributed by atoms with Gasteiger partial charge in [-0.1, -0.05) is 6.07 Å². The zero-order chi connectivity index (χ0) is 13.1. The number of carboxylic acid groups (broad SMARTS) is 1. The lowest BCUT2D eigenvalue weighted by Gasteiger charge is -2.20.